The van der Waals surface area contributed by atoms with E-state index in [1.165, 1.54) is 0 Å². The van der Waals surface area contributed by atoms with Gasteiger partial charge < -0.3 is 10.5 Å². The van der Waals surface area contributed by atoms with Crippen molar-refractivity contribution in [1.29, 1.82) is 5.41 Å². The van der Waals surface area contributed by atoms with Crippen LogP contribution in [0, 0.1) is 5.41 Å². The van der Waals surface area contributed by atoms with Crippen LogP contribution in [0.5, 0.6) is 5.75 Å². The number of hydrogen-bond acceptors (Lipinski definition) is 2. The van der Waals surface area contributed by atoms with Crippen molar-refractivity contribution in [3.8, 4) is 5.75 Å². The van der Waals surface area contributed by atoms with Crippen molar-refractivity contribution < 1.29 is 4.74 Å². The fourth-order valence-electron chi connectivity index (χ4n) is 1.86. The summed E-state index contributed by atoms with van der Waals surface area (Å²) in [6, 6.07) is 11.4. The lowest BCUT2D eigenvalue weighted by molar-refractivity contribution is 0.263. The lowest BCUT2D eigenvalue weighted by Gasteiger charge is -2.17. The molecule has 1 unspecified atom stereocenters. The molecule has 0 saturated carbocycles. The van der Waals surface area contributed by atoms with Crippen molar-refractivity contribution in [2.24, 2.45) is 5.73 Å². The van der Waals surface area contributed by atoms with Crippen LogP contribution >= 0.6 is 11.6 Å². The third-order valence-electron chi connectivity index (χ3n) is 2.82. The van der Waals surface area contributed by atoms with Gasteiger partial charge in [-0.3, -0.25) is 5.41 Å². The standard InChI is InChI=1S/C14H15ClN2O/c1-2-12(14(16)17)18-13-8-7-11(15)9-5-3-4-6-10(9)13/h3-8,12H,2H2,1H3,(H3,16,17). The predicted octanol–water partition coefficient (Wildman–Crippen LogP) is 3.59. The van der Waals surface area contributed by atoms with E-state index in [-0.39, 0.29) is 5.84 Å². The summed E-state index contributed by atoms with van der Waals surface area (Å²) in [6.45, 7) is 1.93. The Bertz CT molecular complexity index is 583. The fraction of sp³-hybridized carbons (Fsp3) is 0.214. The van der Waals surface area contributed by atoms with Gasteiger partial charge in [-0.05, 0) is 18.6 Å². The van der Waals surface area contributed by atoms with Gasteiger partial charge in [-0.25, -0.2) is 0 Å². The Kier molecular flexibility index (Phi) is 3.72. The van der Waals surface area contributed by atoms with E-state index >= 15 is 0 Å². The summed E-state index contributed by atoms with van der Waals surface area (Å²) in [7, 11) is 0. The number of ether oxygens (including phenoxy) is 1. The minimum absolute atomic E-state index is 0.0385. The van der Waals surface area contributed by atoms with Crippen molar-refractivity contribution in [2.45, 2.75) is 19.4 Å². The van der Waals surface area contributed by atoms with Gasteiger partial charge in [0.2, 0.25) is 0 Å². The normalized spacial score (nSPS) is 12.3. The summed E-state index contributed by atoms with van der Waals surface area (Å²) in [5, 5.41) is 10.0. The number of nitrogens with one attached hydrogen (secondary N) is 1. The lowest BCUT2D eigenvalue weighted by Crippen LogP contribution is -2.32. The molecule has 0 amide bonds. The Morgan fingerprint density at radius 3 is 2.56 bits per heavy atom. The fourth-order valence-corrected chi connectivity index (χ4v) is 2.09. The van der Waals surface area contributed by atoms with E-state index in [9.17, 15) is 0 Å². The largest absolute Gasteiger partial charge is 0.482 e. The first kappa shape index (κ1) is 12.7. The van der Waals surface area contributed by atoms with E-state index in [1.54, 1.807) is 6.07 Å². The monoisotopic (exact) mass is 262 g/mol. The molecule has 0 spiro atoms. The van der Waals surface area contributed by atoms with Crippen molar-refractivity contribution >= 4 is 28.2 Å². The highest BCUT2D eigenvalue weighted by Gasteiger charge is 2.13. The number of nitrogens with two attached hydrogens (primary N) is 1. The van der Waals surface area contributed by atoms with Crippen LogP contribution in [0.3, 0.4) is 0 Å². The number of hydrogen-bond donors (Lipinski definition) is 2. The van der Waals surface area contributed by atoms with Gasteiger partial charge in [0, 0.05) is 15.8 Å². The number of benzene rings is 2. The Morgan fingerprint density at radius 2 is 1.94 bits per heavy atom. The van der Waals surface area contributed by atoms with Gasteiger partial charge in [0.05, 0.1) is 0 Å². The highest BCUT2D eigenvalue weighted by Crippen LogP contribution is 2.31. The van der Waals surface area contributed by atoms with Crippen molar-refractivity contribution in [2.75, 3.05) is 0 Å². The summed E-state index contributed by atoms with van der Waals surface area (Å²) in [6.07, 6.45) is 0.265. The minimum Gasteiger partial charge on any atom is -0.482 e. The van der Waals surface area contributed by atoms with Gasteiger partial charge in [0.25, 0.3) is 0 Å². The first-order chi connectivity index (χ1) is 8.63. The molecule has 0 bridgehead atoms. The molecular weight excluding hydrogens is 248 g/mol. The van der Waals surface area contributed by atoms with Gasteiger partial charge in [-0.1, -0.05) is 42.8 Å². The topological polar surface area (TPSA) is 59.1 Å². The van der Waals surface area contributed by atoms with Gasteiger partial charge in [-0.2, -0.15) is 0 Å². The van der Waals surface area contributed by atoms with Crippen molar-refractivity contribution in [3.05, 3.63) is 41.4 Å². The van der Waals surface area contributed by atoms with Gasteiger partial charge in [0.1, 0.15) is 11.6 Å². The van der Waals surface area contributed by atoms with Crippen LogP contribution in [-0.4, -0.2) is 11.9 Å². The van der Waals surface area contributed by atoms with Crippen LogP contribution in [0.4, 0.5) is 0 Å². The Labute approximate surface area is 111 Å². The maximum atomic E-state index is 7.48. The maximum Gasteiger partial charge on any atom is 0.155 e. The van der Waals surface area contributed by atoms with Crippen LogP contribution in [0.25, 0.3) is 10.8 Å². The van der Waals surface area contributed by atoms with Crippen LogP contribution < -0.4 is 10.5 Å². The molecule has 2 aromatic carbocycles. The number of amidine groups is 1. The van der Waals surface area contributed by atoms with Crippen molar-refractivity contribution in [3.63, 3.8) is 0 Å². The SMILES string of the molecule is CCC(Oc1ccc(Cl)c2ccccc12)C(=N)N. The molecule has 0 radical (unpaired) electrons. The zero-order chi connectivity index (χ0) is 13.1. The third kappa shape index (κ3) is 2.41. The summed E-state index contributed by atoms with van der Waals surface area (Å²) in [5.41, 5.74) is 5.50. The molecule has 3 nitrogen and oxygen atoms in total. The Balaban J connectivity index is 2.45. The molecule has 4 heteroatoms. The first-order valence-electron chi connectivity index (χ1n) is 5.81. The Morgan fingerprint density at radius 1 is 1.28 bits per heavy atom. The molecule has 0 aliphatic rings. The molecule has 0 aliphatic carbocycles. The van der Waals surface area contributed by atoms with Crippen LogP contribution in [-0.2, 0) is 0 Å². The van der Waals surface area contributed by atoms with Crippen molar-refractivity contribution in [1.82, 2.24) is 0 Å². The average Bonchev–Trinajstić information content (AvgIpc) is 2.38. The quantitative estimate of drug-likeness (QED) is 0.653. The third-order valence-corrected chi connectivity index (χ3v) is 3.15. The first-order valence-corrected chi connectivity index (χ1v) is 6.19. The molecule has 0 heterocycles. The molecule has 0 fully saturated rings. The lowest BCUT2D eigenvalue weighted by atomic mass is 10.1. The summed E-state index contributed by atoms with van der Waals surface area (Å²) in [4.78, 5) is 0. The highest BCUT2D eigenvalue weighted by atomic mass is 35.5. The highest BCUT2D eigenvalue weighted by molar-refractivity contribution is 6.35. The van der Waals surface area contributed by atoms with Gasteiger partial charge in [0.15, 0.2) is 6.10 Å². The second-order valence-electron chi connectivity index (χ2n) is 4.06. The molecule has 0 aliphatic heterocycles. The van der Waals surface area contributed by atoms with E-state index in [0.29, 0.717) is 17.2 Å². The number of rotatable bonds is 4. The molecule has 0 saturated heterocycles. The van der Waals surface area contributed by atoms with E-state index in [0.717, 1.165) is 10.8 Å². The summed E-state index contributed by atoms with van der Waals surface area (Å²) in [5.74, 6) is 0.744. The summed E-state index contributed by atoms with van der Waals surface area (Å²) < 4.78 is 5.79. The predicted molar refractivity (Wildman–Crippen MR) is 75.6 cm³/mol. The van der Waals surface area contributed by atoms with Gasteiger partial charge in [-0.15, -0.1) is 0 Å². The molecule has 2 rings (SSSR count). The minimum atomic E-state index is -0.394. The zero-order valence-electron chi connectivity index (χ0n) is 10.1. The number of fused-ring (bicyclic) bond motifs is 1. The Hall–Kier alpha value is -1.74. The average molecular weight is 263 g/mol. The van der Waals surface area contributed by atoms with E-state index < -0.39 is 6.10 Å². The van der Waals surface area contributed by atoms with E-state index in [4.69, 9.17) is 27.5 Å². The molecule has 3 N–H and O–H groups in total. The van der Waals surface area contributed by atoms with Gasteiger partial charge >= 0.3 is 0 Å². The molecule has 18 heavy (non-hydrogen) atoms. The summed E-state index contributed by atoms with van der Waals surface area (Å²) >= 11 is 6.14. The second-order valence-corrected chi connectivity index (χ2v) is 4.47. The molecular formula is C14H15ClN2O. The van der Waals surface area contributed by atoms with E-state index in [1.807, 2.05) is 37.3 Å². The smallest absolute Gasteiger partial charge is 0.155 e. The number of halogens is 1. The molecule has 0 aromatic heterocycles. The maximum absolute atomic E-state index is 7.48. The molecule has 1 atom stereocenters. The van der Waals surface area contributed by atoms with Crippen LogP contribution in [0.15, 0.2) is 36.4 Å². The van der Waals surface area contributed by atoms with E-state index in [2.05, 4.69) is 0 Å². The van der Waals surface area contributed by atoms with Crippen LogP contribution in [0.2, 0.25) is 5.02 Å². The second kappa shape index (κ2) is 5.27. The molecule has 2 aromatic rings. The van der Waals surface area contributed by atoms with Crippen LogP contribution in [0.1, 0.15) is 13.3 Å². The molecule has 94 valence electrons. The zero-order valence-corrected chi connectivity index (χ0v) is 10.9.